The summed E-state index contributed by atoms with van der Waals surface area (Å²) in [5, 5.41) is 0. The molecule has 0 aliphatic rings. The number of aryl methyl sites for hydroxylation is 1. The second kappa shape index (κ2) is 9.65. The molecule has 0 saturated carbocycles. The van der Waals surface area contributed by atoms with Crippen LogP contribution in [0.3, 0.4) is 0 Å². The van der Waals surface area contributed by atoms with Crippen LogP contribution in [-0.2, 0) is 0 Å². The quantitative estimate of drug-likeness (QED) is 0.594. The lowest BCUT2D eigenvalue weighted by atomic mass is 10.0. The van der Waals surface area contributed by atoms with E-state index in [4.69, 9.17) is 0 Å². The van der Waals surface area contributed by atoms with Crippen molar-refractivity contribution < 1.29 is 0 Å². The van der Waals surface area contributed by atoms with Crippen LogP contribution in [-0.4, -0.2) is 0 Å². The summed E-state index contributed by atoms with van der Waals surface area (Å²) in [7, 11) is 0. The van der Waals surface area contributed by atoms with E-state index >= 15 is 0 Å². The van der Waals surface area contributed by atoms with Crippen LogP contribution in [0, 0.1) is 6.92 Å². The standard InChI is InChI=1S/C15H18.C2H6/c1-4-6-7-8-14(5-2)15-11-9-13(3)10-12-15;1-2/h4-12H,1-3H3;1-2H3/b6-4-,8-7-,14-5+;. The van der Waals surface area contributed by atoms with Gasteiger partial charge in [-0.2, -0.15) is 0 Å². The van der Waals surface area contributed by atoms with E-state index in [1.54, 1.807) is 0 Å². The zero-order valence-corrected chi connectivity index (χ0v) is 11.7. The maximum atomic E-state index is 2.16. The SMILES string of the molecule is CC.C\C=C/C=C\C(=C/C)c1ccc(C)cc1. The van der Waals surface area contributed by atoms with Crippen molar-refractivity contribution in [1.29, 1.82) is 0 Å². The van der Waals surface area contributed by atoms with Crippen LogP contribution < -0.4 is 0 Å². The largest absolute Gasteiger partial charge is 0.0877 e. The van der Waals surface area contributed by atoms with Gasteiger partial charge in [-0.1, -0.05) is 74.1 Å². The molecule has 0 aliphatic heterocycles. The lowest BCUT2D eigenvalue weighted by Gasteiger charge is -2.01. The summed E-state index contributed by atoms with van der Waals surface area (Å²) in [4.78, 5) is 0. The van der Waals surface area contributed by atoms with Gasteiger partial charge in [-0.05, 0) is 31.9 Å². The fourth-order valence-corrected chi connectivity index (χ4v) is 1.38. The fourth-order valence-electron chi connectivity index (χ4n) is 1.38. The van der Waals surface area contributed by atoms with E-state index in [9.17, 15) is 0 Å². The van der Waals surface area contributed by atoms with Gasteiger partial charge in [-0.15, -0.1) is 0 Å². The average Bonchev–Trinajstić information content (AvgIpc) is 2.39. The van der Waals surface area contributed by atoms with Crippen molar-refractivity contribution in [3.8, 4) is 0 Å². The van der Waals surface area contributed by atoms with Gasteiger partial charge in [-0.25, -0.2) is 0 Å². The first-order valence-corrected chi connectivity index (χ1v) is 6.30. The van der Waals surface area contributed by atoms with Crippen LogP contribution in [0.15, 0.2) is 54.6 Å². The Morgan fingerprint density at radius 2 is 1.53 bits per heavy atom. The summed E-state index contributed by atoms with van der Waals surface area (Å²) in [6.07, 6.45) is 10.4. The third kappa shape index (κ3) is 5.91. The monoisotopic (exact) mass is 228 g/mol. The lowest BCUT2D eigenvalue weighted by Crippen LogP contribution is -1.80. The van der Waals surface area contributed by atoms with Crippen molar-refractivity contribution in [2.24, 2.45) is 0 Å². The summed E-state index contributed by atoms with van der Waals surface area (Å²) < 4.78 is 0. The minimum atomic E-state index is 1.26. The van der Waals surface area contributed by atoms with Gasteiger partial charge in [0, 0.05) is 0 Å². The van der Waals surface area contributed by atoms with Crippen LogP contribution in [0.2, 0.25) is 0 Å². The molecule has 0 nitrogen and oxygen atoms in total. The van der Waals surface area contributed by atoms with Crippen molar-refractivity contribution >= 4 is 5.57 Å². The Morgan fingerprint density at radius 3 is 2.00 bits per heavy atom. The molecule has 0 unspecified atom stereocenters. The maximum absolute atomic E-state index is 2.16. The molecule has 1 rings (SSSR count). The predicted molar refractivity (Wildman–Crippen MR) is 80.1 cm³/mol. The lowest BCUT2D eigenvalue weighted by molar-refractivity contribution is 1.45. The van der Waals surface area contributed by atoms with E-state index in [-0.39, 0.29) is 0 Å². The minimum absolute atomic E-state index is 1.26. The highest BCUT2D eigenvalue weighted by Gasteiger charge is 1.94. The Morgan fingerprint density at radius 1 is 0.941 bits per heavy atom. The molecule has 0 aliphatic carbocycles. The van der Waals surface area contributed by atoms with Gasteiger partial charge in [0.1, 0.15) is 0 Å². The van der Waals surface area contributed by atoms with Crippen molar-refractivity contribution in [2.75, 3.05) is 0 Å². The molecule has 0 saturated heterocycles. The molecule has 0 spiro atoms. The molecule has 0 N–H and O–H groups in total. The molecule has 0 radical (unpaired) electrons. The molecule has 1 aromatic rings. The maximum Gasteiger partial charge on any atom is -0.0187 e. The van der Waals surface area contributed by atoms with E-state index in [0.29, 0.717) is 0 Å². The van der Waals surface area contributed by atoms with Gasteiger partial charge in [0.15, 0.2) is 0 Å². The van der Waals surface area contributed by atoms with Crippen LogP contribution in [0.1, 0.15) is 38.8 Å². The van der Waals surface area contributed by atoms with Crippen LogP contribution in [0.4, 0.5) is 0 Å². The number of benzene rings is 1. The normalized spacial score (nSPS) is 11.7. The van der Waals surface area contributed by atoms with Gasteiger partial charge >= 0.3 is 0 Å². The minimum Gasteiger partial charge on any atom is -0.0877 e. The fraction of sp³-hybridized carbons (Fsp3) is 0.294. The Kier molecular flexibility index (Phi) is 8.77. The zero-order chi connectivity index (χ0) is 13.1. The summed E-state index contributed by atoms with van der Waals surface area (Å²) in [6, 6.07) is 8.60. The summed E-state index contributed by atoms with van der Waals surface area (Å²) in [6.45, 7) is 10.2. The summed E-state index contributed by atoms with van der Waals surface area (Å²) >= 11 is 0. The number of hydrogen-bond acceptors (Lipinski definition) is 0. The Hall–Kier alpha value is -1.56. The number of rotatable bonds is 3. The van der Waals surface area contributed by atoms with Crippen LogP contribution in [0.25, 0.3) is 5.57 Å². The van der Waals surface area contributed by atoms with Gasteiger partial charge in [0.25, 0.3) is 0 Å². The van der Waals surface area contributed by atoms with Crippen molar-refractivity contribution in [3.63, 3.8) is 0 Å². The Bertz CT molecular complexity index is 375. The first-order chi connectivity index (χ1) is 8.27. The molecule has 92 valence electrons. The molecular weight excluding hydrogens is 204 g/mol. The third-order valence-corrected chi connectivity index (χ3v) is 2.28. The van der Waals surface area contributed by atoms with Crippen LogP contribution in [0.5, 0.6) is 0 Å². The number of allylic oxidation sites excluding steroid dienone is 6. The predicted octanol–water partition coefficient (Wildman–Crippen LogP) is 5.56. The summed E-state index contributed by atoms with van der Waals surface area (Å²) in [5.41, 5.74) is 3.82. The molecule has 0 heteroatoms. The molecule has 0 heterocycles. The average molecular weight is 228 g/mol. The molecule has 0 atom stereocenters. The molecule has 17 heavy (non-hydrogen) atoms. The van der Waals surface area contributed by atoms with Gasteiger partial charge in [0.2, 0.25) is 0 Å². The molecule has 0 amide bonds. The second-order valence-corrected chi connectivity index (χ2v) is 3.49. The van der Waals surface area contributed by atoms with E-state index in [1.165, 1.54) is 16.7 Å². The highest BCUT2D eigenvalue weighted by molar-refractivity contribution is 5.74. The van der Waals surface area contributed by atoms with Gasteiger partial charge < -0.3 is 0 Å². The van der Waals surface area contributed by atoms with Crippen molar-refractivity contribution in [3.05, 3.63) is 65.8 Å². The molecule has 0 fully saturated rings. The molecule has 0 aromatic heterocycles. The summed E-state index contributed by atoms with van der Waals surface area (Å²) in [5.74, 6) is 0. The smallest absolute Gasteiger partial charge is 0.0187 e. The molecule has 0 bridgehead atoms. The second-order valence-electron chi connectivity index (χ2n) is 3.49. The molecular formula is C17H24. The highest BCUT2D eigenvalue weighted by Crippen LogP contribution is 2.16. The first kappa shape index (κ1) is 15.4. The number of hydrogen-bond donors (Lipinski definition) is 0. The Balaban J connectivity index is 0.00000121. The topological polar surface area (TPSA) is 0 Å². The van der Waals surface area contributed by atoms with E-state index in [2.05, 4.69) is 56.3 Å². The van der Waals surface area contributed by atoms with E-state index in [0.717, 1.165) is 0 Å². The van der Waals surface area contributed by atoms with Gasteiger partial charge in [0.05, 0.1) is 0 Å². The van der Waals surface area contributed by atoms with Gasteiger partial charge in [-0.3, -0.25) is 0 Å². The molecule has 1 aromatic carbocycles. The van der Waals surface area contributed by atoms with Crippen LogP contribution >= 0.6 is 0 Å². The van der Waals surface area contributed by atoms with E-state index in [1.807, 2.05) is 32.9 Å². The first-order valence-electron chi connectivity index (χ1n) is 6.30. The third-order valence-electron chi connectivity index (χ3n) is 2.28. The van der Waals surface area contributed by atoms with Crippen molar-refractivity contribution in [2.45, 2.75) is 34.6 Å². The Labute approximate surface area is 106 Å². The van der Waals surface area contributed by atoms with Crippen molar-refractivity contribution in [1.82, 2.24) is 0 Å². The zero-order valence-electron chi connectivity index (χ0n) is 11.7. The highest BCUT2D eigenvalue weighted by atomic mass is 14.0. The van der Waals surface area contributed by atoms with E-state index < -0.39 is 0 Å².